The van der Waals surface area contributed by atoms with Crippen LogP contribution in [0.25, 0.3) is 0 Å². The first-order chi connectivity index (χ1) is 13.0. The quantitative estimate of drug-likeness (QED) is 0.481. The topological polar surface area (TPSA) is 80.3 Å². The lowest BCUT2D eigenvalue weighted by atomic mass is 10.1. The van der Waals surface area contributed by atoms with E-state index >= 15 is 0 Å². The average molecular weight is 421 g/mol. The molecular formula is C17H19F4N3O3S. The Bertz CT molecular complexity index is 857. The van der Waals surface area contributed by atoms with Gasteiger partial charge >= 0.3 is 6.18 Å². The summed E-state index contributed by atoms with van der Waals surface area (Å²) in [6, 6.07) is 5.74. The molecule has 0 amide bonds. The highest BCUT2D eigenvalue weighted by molar-refractivity contribution is 7.88. The maximum atomic E-state index is 13.1. The van der Waals surface area contributed by atoms with E-state index in [-0.39, 0.29) is 18.1 Å². The van der Waals surface area contributed by atoms with Gasteiger partial charge in [0.2, 0.25) is 15.9 Å². The van der Waals surface area contributed by atoms with Crippen molar-refractivity contribution in [2.24, 2.45) is 0 Å². The predicted molar refractivity (Wildman–Crippen MR) is 94.6 cm³/mol. The zero-order chi connectivity index (χ0) is 20.8. The van der Waals surface area contributed by atoms with Crippen LogP contribution in [-0.2, 0) is 16.6 Å². The van der Waals surface area contributed by atoms with Gasteiger partial charge in [0.1, 0.15) is 18.5 Å². The molecule has 154 valence electrons. The number of hydrogen-bond acceptors (Lipinski definition) is 5. The first kappa shape index (κ1) is 22.1. The highest BCUT2D eigenvalue weighted by Gasteiger charge is 2.42. The number of hydrogen-bond donors (Lipinski definition) is 2. The van der Waals surface area contributed by atoms with Crippen molar-refractivity contribution in [1.82, 2.24) is 15.0 Å². The van der Waals surface area contributed by atoms with Crippen molar-refractivity contribution in [1.29, 1.82) is 0 Å². The minimum atomic E-state index is -4.76. The van der Waals surface area contributed by atoms with E-state index in [2.05, 4.69) is 10.3 Å². The van der Waals surface area contributed by atoms with E-state index in [0.717, 1.165) is 6.20 Å². The number of benzene rings is 1. The molecule has 0 unspecified atom stereocenters. The van der Waals surface area contributed by atoms with Crippen LogP contribution in [0.4, 0.5) is 17.6 Å². The average Bonchev–Trinajstić information content (AvgIpc) is 2.60. The van der Waals surface area contributed by atoms with E-state index < -0.39 is 28.1 Å². The summed E-state index contributed by atoms with van der Waals surface area (Å²) in [5.74, 6) is -0.183. The number of nitrogens with zero attached hydrogens (tertiary/aromatic N) is 1. The lowest BCUT2D eigenvalue weighted by Gasteiger charge is -2.21. The maximum absolute atomic E-state index is 13.1. The summed E-state index contributed by atoms with van der Waals surface area (Å²) in [6.45, 7) is 1.07. The molecule has 11 heteroatoms. The first-order valence-electron chi connectivity index (χ1n) is 8.12. The van der Waals surface area contributed by atoms with Gasteiger partial charge in [-0.25, -0.2) is 17.8 Å². The second-order valence-electron chi connectivity index (χ2n) is 5.95. The molecule has 2 N–H and O–H groups in total. The Morgan fingerprint density at radius 3 is 2.36 bits per heavy atom. The Labute approximate surface area is 160 Å². The molecule has 0 aliphatic heterocycles. The number of nitrogens with one attached hydrogen (secondary N) is 2. The van der Waals surface area contributed by atoms with Crippen molar-refractivity contribution in [3.8, 4) is 5.88 Å². The summed E-state index contributed by atoms with van der Waals surface area (Å²) >= 11 is 0. The van der Waals surface area contributed by atoms with E-state index in [4.69, 9.17) is 4.74 Å². The van der Waals surface area contributed by atoms with Gasteiger partial charge in [-0.15, -0.1) is 0 Å². The van der Waals surface area contributed by atoms with Gasteiger partial charge in [-0.1, -0.05) is 24.3 Å². The fourth-order valence-electron chi connectivity index (χ4n) is 2.27. The van der Waals surface area contributed by atoms with Gasteiger partial charge in [0, 0.05) is 19.2 Å². The standard InChI is InChI=1S/C17H19F4N3O3S/c1-28(25,26)24-16(17(19,20)21)13-4-2-12(3-5-13)10-22-8-9-27-15-7-6-14(18)11-23-15/h2-7,11,16,22,24H,8-10H2,1H3/t16-/m0/s1. The van der Waals surface area contributed by atoms with Crippen LogP contribution in [0.1, 0.15) is 17.2 Å². The van der Waals surface area contributed by atoms with Crippen LogP contribution in [0, 0.1) is 5.82 Å². The third-order valence-electron chi connectivity index (χ3n) is 3.53. The fourth-order valence-corrected chi connectivity index (χ4v) is 2.97. The Morgan fingerprint density at radius 1 is 1.14 bits per heavy atom. The largest absolute Gasteiger partial charge is 0.476 e. The summed E-state index contributed by atoms with van der Waals surface area (Å²) in [4.78, 5) is 3.74. The molecule has 1 heterocycles. The Kier molecular flexibility index (Phi) is 7.33. The number of alkyl halides is 3. The molecule has 6 nitrogen and oxygen atoms in total. The first-order valence-corrected chi connectivity index (χ1v) is 10.0. The monoisotopic (exact) mass is 421 g/mol. The van der Waals surface area contributed by atoms with E-state index in [0.29, 0.717) is 24.9 Å². The number of pyridine rings is 1. The smallest absolute Gasteiger partial charge is 0.408 e. The molecule has 0 radical (unpaired) electrons. The van der Waals surface area contributed by atoms with Crippen LogP contribution in [0.5, 0.6) is 5.88 Å². The van der Waals surface area contributed by atoms with Crippen molar-refractivity contribution in [2.45, 2.75) is 18.8 Å². The number of halogens is 4. The SMILES string of the molecule is CS(=O)(=O)N[C@@H](c1ccc(CNCCOc2ccc(F)cn2)cc1)C(F)(F)F. The molecular weight excluding hydrogens is 402 g/mol. The fraction of sp³-hybridized carbons (Fsp3) is 0.353. The molecule has 0 saturated carbocycles. The van der Waals surface area contributed by atoms with Crippen LogP contribution in [0.2, 0.25) is 0 Å². The predicted octanol–water partition coefficient (Wildman–Crippen LogP) is 2.54. The van der Waals surface area contributed by atoms with Crippen molar-refractivity contribution in [2.75, 3.05) is 19.4 Å². The second kappa shape index (κ2) is 9.30. The van der Waals surface area contributed by atoms with E-state index in [1.54, 1.807) is 4.72 Å². The molecule has 28 heavy (non-hydrogen) atoms. The normalized spacial score (nSPS) is 13.3. The van der Waals surface area contributed by atoms with Gasteiger partial charge in [-0.3, -0.25) is 0 Å². The van der Waals surface area contributed by atoms with Gasteiger partial charge in [0.05, 0.1) is 12.5 Å². The van der Waals surface area contributed by atoms with Crippen LogP contribution in [0.15, 0.2) is 42.6 Å². The van der Waals surface area contributed by atoms with Gasteiger partial charge in [0.15, 0.2) is 0 Å². The second-order valence-corrected chi connectivity index (χ2v) is 7.73. The van der Waals surface area contributed by atoms with Gasteiger partial charge in [-0.2, -0.15) is 17.9 Å². The molecule has 0 aliphatic carbocycles. The van der Waals surface area contributed by atoms with E-state index in [1.807, 2.05) is 0 Å². The zero-order valence-corrected chi connectivity index (χ0v) is 15.6. The third kappa shape index (κ3) is 7.41. The van der Waals surface area contributed by atoms with Crippen LogP contribution in [0.3, 0.4) is 0 Å². The number of sulfonamides is 1. The Balaban J connectivity index is 1.85. The number of rotatable bonds is 9. The van der Waals surface area contributed by atoms with Crippen molar-refractivity contribution in [3.63, 3.8) is 0 Å². The molecule has 1 aromatic heterocycles. The summed E-state index contributed by atoms with van der Waals surface area (Å²) in [7, 11) is -4.03. The number of ether oxygens (including phenoxy) is 1. The lowest BCUT2D eigenvalue weighted by molar-refractivity contribution is -0.153. The Hall–Kier alpha value is -2.24. The molecule has 0 fully saturated rings. The number of aromatic nitrogens is 1. The molecule has 1 aromatic carbocycles. The summed E-state index contributed by atoms with van der Waals surface area (Å²) in [6.07, 6.45) is -3.04. The zero-order valence-electron chi connectivity index (χ0n) is 14.8. The van der Waals surface area contributed by atoms with Crippen molar-refractivity contribution in [3.05, 3.63) is 59.5 Å². The van der Waals surface area contributed by atoms with E-state index in [1.165, 1.54) is 36.4 Å². The molecule has 0 saturated heterocycles. The third-order valence-corrected chi connectivity index (χ3v) is 4.19. The molecule has 2 rings (SSSR count). The molecule has 0 aliphatic rings. The van der Waals surface area contributed by atoms with Crippen molar-refractivity contribution < 1.29 is 30.7 Å². The van der Waals surface area contributed by atoms with Crippen LogP contribution in [-0.4, -0.2) is 39.0 Å². The molecule has 1 atom stereocenters. The Morgan fingerprint density at radius 2 is 1.82 bits per heavy atom. The summed E-state index contributed by atoms with van der Waals surface area (Å²) in [5.41, 5.74) is 0.510. The van der Waals surface area contributed by atoms with Gasteiger partial charge in [-0.05, 0) is 17.2 Å². The molecule has 0 spiro atoms. The minimum absolute atomic E-state index is 0.201. The van der Waals surface area contributed by atoms with Crippen LogP contribution >= 0.6 is 0 Å². The van der Waals surface area contributed by atoms with Crippen molar-refractivity contribution >= 4 is 10.0 Å². The summed E-state index contributed by atoms with van der Waals surface area (Å²) < 4.78 is 81.3. The van der Waals surface area contributed by atoms with Gasteiger partial charge in [0.25, 0.3) is 0 Å². The van der Waals surface area contributed by atoms with Crippen LogP contribution < -0.4 is 14.8 Å². The lowest BCUT2D eigenvalue weighted by Crippen LogP contribution is -2.37. The summed E-state index contributed by atoms with van der Waals surface area (Å²) in [5, 5.41) is 3.04. The van der Waals surface area contributed by atoms with E-state index in [9.17, 15) is 26.0 Å². The molecule has 0 bridgehead atoms. The minimum Gasteiger partial charge on any atom is -0.476 e. The molecule has 2 aromatic rings. The van der Waals surface area contributed by atoms with Gasteiger partial charge < -0.3 is 10.1 Å². The highest BCUT2D eigenvalue weighted by Crippen LogP contribution is 2.33. The highest BCUT2D eigenvalue weighted by atomic mass is 32.2. The maximum Gasteiger partial charge on any atom is 0.408 e.